The lowest BCUT2D eigenvalue weighted by atomic mass is 10.1. The Morgan fingerprint density at radius 1 is 1.10 bits per heavy atom. The van der Waals surface area contributed by atoms with Gasteiger partial charge >= 0.3 is 0 Å². The van der Waals surface area contributed by atoms with E-state index in [2.05, 4.69) is 27.3 Å². The van der Waals surface area contributed by atoms with Crippen LogP contribution >= 0.6 is 11.3 Å². The van der Waals surface area contributed by atoms with Gasteiger partial charge in [0.2, 0.25) is 0 Å². The Bertz CT molecular complexity index is 962. The second-order valence-electron chi connectivity index (χ2n) is 7.19. The maximum Gasteiger partial charge on any atom is 0.259 e. The van der Waals surface area contributed by atoms with Crippen molar-refractivity contribution in [3.63, 3.8) is 0 Å². The van der Waals surface area contributed by atoms with Gasteiger partial charge in [-0.25, -0.2) is 4.98 Å². The molecule has 29 heavy (non-hydrogen) atoms. The summed E-state index contributed by atoms with van der Waals surface area (Å²) >= 11 is 1.59. The van der Waals surface area contributed by atoms with Crippen molar-refractivity contribution < 1.29 is 9.53 Å². The molecular formula is C23H25N3O2S. The zero-order valence-corrected chi connectivity index (χ0v) is 17.4. The maximum absolute atomic E-state index is 12.8. The zero-order valence-electron chi connectivity index (χ0n) is 16.6. The zero-order chi connectivity index (χ0) is 20.1. The molecule has 4 rings (SSSR count). The van der Waals surface area contributed by atoms with Gasteiger partial charge in [-0.3, -0.25) is 4.79 Å². The number of benzene rings is 2. The smallest absolute Gasteiger partial charge is 0.259 e. The quantitative estimate of drug-likeness (QED) is 0.604. The predicted octanol–water partition coefficient (Wildman–Crippen LogP) is 5.27. The molecule has 1 saturated heterocycles. The minimum atomic E-state index is -0.180. The van der Waals surface area contributed by atoms with Crippen LogP contribution in [0.5, 0.6) is 5.75 Å². The number of para-hydroxylation sites is 1. The highest BCUT2D eigenvalue weighted by molar-refractivity contribution is 7.09. The molecule has 5 nitrogen and oxygen atoms in total. The van der Waals surface area contributed by atoms with Crippen molar-refractivity contribution in [1.29, 1.82) is 0 Å². The summed E-state index contributed by atoms with van der Waals surface area (Å²) < 4.78 is 5.87. The van der Waals surface area contributed by atoms with Crippen LogP contribution in [0.1, 0.15) is 40.3 Å². The molecule has 6 heteroatoms. The SMILES string of the molecule is Cc1nc(COc2ccccc2C(=O)Nc2ccc(N3CCCCC3)cc2)cs1. The van der Waals surface area contributed by atoms with E-state index in [4.69, 9.17) is 4.74 Å². The number of aryl methyl sites for hydroxylation is 1. The Labute approximate surface area is 175 Å². The molecule has 1 amide bonds. The summed E-state index contributed by atoms with van der Waals surface area (Å²) in [6.45, 7) is 4.52. The number of carbonyl (C=O) groups excluding carboxylic acids is 1. The number of thiazole rings is 1. The van der Waals surface area contributed by atoms with E-state index in [0.29, 0.717) is 17.9 Å². The van der Waals surface area contributed by atoms with Gasteiger partial charge in [0, 0.05) is 29.8 Å². The van der Waals surface area contributed by atoms with Crippen LogP contribution in [0, 0.1) is 6.92 Å². The fourth-order valence-electron chi connectivity index (χ4n) is 3.51. The molecule has 1 fully saturated rings. The highest BCUT2D eigenvalue weighted by Crippen LogP contribution is 2.24. The number of nitrogens with one attached hydrogen (secondary N) is 1. The van der Waals surface area contributed by atoms with Gasteiger partial charge in [-0.15, -0.1) is 11.3 Å². The number of hydrogen-bond donors (Lipinski definition) is 1. The lowest BCUT2D eigenvalue weighted by molar-refractivity contribution is 0.102. The second kappa shape index (κ2) is 9.09. The summed E-state index contributed by atoms with van der Waals surface area (Å²) in [5, 5.41) is 5.96. The summed E-state index contributed by atoms with van der Waals surface area (Å²) in [5.74, 6) is 0.376. The van der Waals surface area contributed by atoms with Crippen molar-refractivity contribution in [2.75, 3.05) is 23.3 Å². The van der Waals surface area contributed by atoms with Crippen LogP contribution in [0.15, 0.2) is 53.9 Å². The average Bonchev–Trinajstić information content (AvgIpc) is 3.19. The molecule has 3 aromatic rings. The number of rotatable bonds is 6. The van der Waals surface area contributed by atoms with Crippen LogP contribution < -0.4 is 15.0 Å². The van der Waals surface area contributed by atoms with Gasteiger partial charge in [-0.2, -0.15) is 0 Å². The van der Waals surface area contributed by atoms with E-state index in [9.17, 15) is 4.79 Å². The van der Waals surface area contributed by atoms with Gasteiger partial charge in [-0.05, 0) is 62.6 Å². The van der Waals surface area contributed by atoms with E-state index in [1.807, 2.05) is 42.6 Å². The fraction of sp³-hybridized carbons (Fsp3) is 0.304. The van der Waals surface area contributed by atoms with E-state index < -0.39 is 0 Å². The molecule has 1 aliphatic rings. The molecule has 0 aliphatic carbocycles. The van der Waals surface area contributed by atoms with E-state index >= 15 is 0 Å². The van der Waals surface area contributed by atoms with E-state index in [0.717, 1.165) is 29.5 Å². The van der Waals surface area contributed by atoms with Crippen LogP contribution in [0.2, 0.25) is 0 Å². The first-order chi connectivity index (χ1) is 14.2. The topological polar surface area (TPSA) is 54.5 Å². The normalized spacial score (nSPS) is 13.9. The molecule has 0 spiro atoms. The van der Waals surface area contributed by atoms with Gasteiger partial charge < -0.3 is 15.0 Å². The number of nitrogens with zero attached hydrogens (tertiary/aromatic N) is 2. The lowest BCUT2D eigenvalue weighted by Crippen LogP contribution is -2.29. The number of aromatic nitrogens is 1. The van der Waals surface area contributed by atoms with E-state index in [1.54, 1.807) is 17.4 Å². The summed E-state index contributed by atoms with van der Waals surface area (Å²) in [6, 6.07) is 15.4. The molecule has 150 valence electrons. The largest absolute Gasteiger partial charge is 0.486 e. The van der Waals surface area contributed by atoms with Gasteiger partial charge in [-0.1, -0.05) is 12.1 Å². The maximum atomic E-state index is 12.8. The number of hydrogen-bond acceptors (Lipinski definition) is 5. The highest BCUT2D eigenvalue weighted by atomic mass is 32.1. The van der Waals surface area contributed by atoms with Gasteiger partial charge in [0.25, 0.3) is 5.91 Å². The number of carbonyl (C=O) groups is 1. The average molecular weight is 408 g/mol. The Morgan fingerprint density at radius 3 is 2.59 bits per heavy atom. The van der Waals surface area contributed by atoms with Crippen LogP contribution in [-0.2, 0) is 6.61 Å². The molecule has 0 atom stereocenters. The molecule has 0 radical (unpaired) electrons. The number of anilines is 2. The second-order valence-corrected chi connectivity index (χ2v) is 8.25. The Balaban J connectivity index is 1.41. The van der Waals surface area contributed by atoms with Crippen LogP contribution in [0.25, 0.3) is 0 Å². The van der Waals surface area contributed by atoms with Gasteiger partial charge in [0.05, 0.1) is 16.3 Å². The molecule has 0 bridgehead atoms. The third kappa shape index (κ3) is 4.95. The van der Waals surface area contributed by atoms with Gasteiger partial charge in [0.15, 0.2) is 0 Å². The molecule has 0 unspecified atom stereocenters. The third-order valence-corrected chi connectivity index (χ3v) is 5.84. The van der Waals surface area contributed by atoms with Crippen LogP contribution in [-0.4, -0.2) is 24.0 Å². The van der Waals surface area contributed by atoms with Crippen molar-refractivity contribution in [2.45, 2.75) is 32.8 Å². The molecule has 1 aliphatic heterocycles. The Hall–Kier alpha value is -2.86. The minimum absolute atomic E-state index is 0.180. The van der Waals surface area contributed by atoms with Crippen LogP contribution in [0.4, 0.5) is 11.4 Å². The Kier molecular flexibility index (Phi) is 6.10. The first kappa shape index (κ1) is 19.5. The molecule has 1 N–H and O–H groups in total. The van der Waals surface area contributed by atoms with Crippen molar-refractivity contribution in [3.05, 3.63) is 70.2 Å². The first-order valence-corrected chi connectivity index (χ1v) is 10.9. The molecule has 2 heterocycles. The molecular weight excluding hydrogens is 382 g/mol. The predicted molar refractivity (Wildman–Crippen MR) is 118 cm³/mol. The summed E-state index contributed by atoms with van der Waals surface area (Å²) in [7, 11) is 0. The Morgan fingerprint density at radius 2 is 1.86 bits per heavy atom. The van der Waals surface area contributed by atoms with Crippen LogP contribution in [0.3, 0.4) is 0 Å². The standard InChI is InChI=1S/C23H25N3O2S/c1-17-24-19(16-29-17)15-28-22-8-4-3-7-21(22)23(27)25-18-9-11-20(12-10-18)26-13-5-2-6-14-26/h3-4,7-12,16H,2,5-6,13-15H2,1H3,(H,25,27). The number of piperidine rings is 1. The molecule has 0 saturated carbocycles. The molecule has 2 aromatic carbocycles. The highest BCUT2D eigenvalue weighted by Gasteiger charge is 2.14. The monoisotopic (exact) mass is 407 g/mol. The van der Waals surface area contributed by atoms with Crippen molar-refractivity contribution in [2.24, 2.45) is 0 Å². The van der Waals surface area contributed by atoms with Crippen molar-refractivity contribution in [1.82, 2.24) is 4.98 Å². The van der Waals surface area contributed by atoms with Crippen molar-refractivity contribution in [3.8, 4) is 5.75 Å². The number of ether oxygens (including phenoxy) is 1. The minimum Gasteiger partial charge on any atom is -0.486 e. The van der Waals surface area contributed by atoms with E-state index in [-0.39, 0.29) is 5.91 Å². The summed E-state index contributed by atoms with van der Waals surface area (Å²) in [5.41, 5.74) is 3.38. The van der Waals surface area contributed by atoms with Crippen molar-refractivity contribution >= 4 is 28.6 Å². The van der Waals surface area contributed by atoms with E-state index in [1.165, 1.54) is 24.9 Å². The third-order valence-electron chi connectivity index (χ3n) is 5.02. The fourth-order valence-corrected chi connectivity index (χ4v) is 4.11. The van der Waals surface area contributed by atoms with Gasteiger partial charge in [0.1, 0.15) is 12.4 Å². The summed E-state index contributed by atoms with van der Waals surface area (Å²) in [6.07, 6.45) is 3.81. The number of amides is 1. The molecule has 1 aromatic heterocycles. The summed E-state index contributed by atoms with van der Waals surface area (Å²) in [4.78, 5) is 19.6. The first-order valence-electron chi connectivity index (χ1n) is 9.98. The lowest BCUT2D eigenvalue weighted by Gasteiger charge is -2.28.